The minimum Gasteiger partial charge on any atom is -0.352 e. The highest BCUT2D eigenvalue weighted by Crippen LogP contribution is 2.26. The van der Waals surface area contributed by atoms with Gasteiger partial charge in [0.1, 0.15) is 0 Å². The highest BCUT2D eigenvalue weighted by Gasteiger charge is 2.35. The fraction of sp³-hybridized carbons (Fsp3) is 0.938. The molecule has 0 aromatic heterocycles. The van der Waals surface area contributed by atoms with Gasteiger partial charge in [-0.3, -0.25) is 9.69 Å². The van der Waals surface area contributed by atoms with E-state index in [0.29, 0.717) is 30.5 Å². The Balaban J connectivity index is 2.47. The summed E-state index contributed by atoms with van der Waals surface area (Å²) in [6, 6.07) is 1.47. The summed E-state index contributed by atoms with van der Waals surface area (Å²) >= 11 is 0. The number of nitrogens with zero attached hydrogens (tertiary/aromatic N) is 2. The predicted molar refractivity (Wildman–Crippen MR) is 84.5 cm³/mol. The minimum atomic E-state index is 0.205. The van der Waals surface area contributed by atoms with Crippen LogP contribution in [0.4, 0.5) is 0 Å². The van der Waals surface area contributed by atoms with E-state index in [4.69, 9.17) is 0 Å². The van der Waals surface area contributed by atoms with Crippen molar-refractivity contribution in [1.29, 1.82) is 0 Å². The Bertz CT molecular complexity index is 304. The van der Waals surface area contributed by atoms with Gasteiger partial charge in [-0.2, -0.15) is 0 Å². The summed E-state index contributed by atoms with van der Waals surface area (Å²) in [5.74, 6) is 0.849. The normalized spacial score (nSPS) is 24.6. The molecule has 1 aliphatic rings. The zero-order chi connectivity index (χ0) is 15.5. The molecule has 0 spiro atoms. The van der Waals surface area contributed by atoms with Gasteiger partial charge in [-0.25, -0.2) is 0 Å². The van der Waals surface area contributed by atoms with Crippen LogP contribution in [0, 0.1) is 5.92 Å². The summed E-state index contributed by atoms with van der Waals surface area (Å²) in [5, 5.41) is 3.23. The number of quaternary nitrogens is 1. The third kappa shape index (κ3) is 5.41. The van der Waals surface area contributed by atoms with Gasteiger partial charge in [-0.1, -0.05) is 13.8 Å². The van der Waals surface area contributed by atoms with Crippen molar-refractivity contribution in [2.75, 3.05) is 34.2 Å². The third-order valence-electron chi connectivity index (χ3n) is 4.19. The molecule has 0 radical (unpaired) electrons. The van der Waals surface area contributed by atoms with E-state index < -0.39 is 0 Å². The van der Waals surface area contributed by atoms with E-state index in [1.807, 2.05) is 0 Å². The topological polar surface area (TPSA) is 32.3 Å². The molecular formula is C16H34N3O+. The lowest BCUT2D eigenvalue weighted by Gasteiger charge is -2.30. The molecule has 0 aromatic rings. The number of rotatable bonds is 6. The van der Waals surface area contributed by atoms with Gasteiger partial charge >= 0.3 is 0 Å². The second kappa shape index (κ2) is 6.90. The molecule has 4 heteroatoms. The summed E-state index contributed by atoms with van der Waals surface area (Å²) in [6.45, 7) is 10.9. The van der Waals surface area contributed by atoms with Crippen LogP contribution in [-0.4, -0.2) is 67.6 Å². The number of carbonyl (C=O) groups excluding carboxylic acids is 1. The van der Waals surface area contributed by atoms with Crippen molar-refractivity contribution in [1.82, 2.24) is 10.2 Å². The molecule has 1 N–H and O–H groups in total. The summed E-state index contributed by atoms with van der Waals surface area (Å²) in [7, 11) is 6.37. The first kappa shape index (κ1) is 17.4. The average Bonchev–Trinajstić information content (AvgIpc) is 2.69. The summed E-state index contributed by atoms with van der Waals surface area (Å²) in [6.07, 6.45) is 1.71. The van der Waals surface area contributed by atoms with Crippen molar-refractivity contribution in [3.63, 3.8) is 0 Å². The van der Waals surface area contributed by atoms with Crippen LogP contribution in [0.1, 0.15) is 40.5 Å². The molecule has 1 rings (SSSR count). The number of hydrogen-bond donors (Lipinski definition) is 1. The Kier molecular flexibility index (Phi) is 6.02. The molecule has 118 valence electrons. The second-order valence-electron chi connectivity index (χ2n) is 7.87. The monoisotopic (exact) mass is 284 g/mol. The van der Waals surface area contributed by atoms with Gasteiger partial charge in [0.25, 0.3) is 0 Å². The van der Waals surface area contributed by atoms with Gasteiger partial charge in [-0.15, -0.1) is 0 Å². The van der Waals surface area contributed by atoms with Crippen molar-refractivity contribution < 1.29 is 9.28 Å². The van der Waals surface area contributed by atoms with Crippen molar-refractivity contribution >= 4 is 5.91 Å². The first-order valence-corrected chi connectivity index (χ1v) is 7.95. The zero-order valence-corrected chi connectivity index (χ0v) is 14.4. The van der Waals surface area contributed by atoms with Crippen molar-refractivity contribution in [2.45, 2.75) is 58.7 Å². The van der Waals surface area contributed by atoms with Gasteiger partial charge in [0.15, 0.2) is 0 Å². The smallest absolute Gasteiger partial charge is 0.225 e. The Labute approximate surface area is 125 Å². The fourth-order valence-corrected chi connectivity index (χ4v) is 2.98. The summed E-state index contributed by atoms with van der Waals surface area (Å²) in [4.78, 5) is 14.6. The van der Waals surface area contributed by atoms with Gasteiger partial charge < -0.3 is 9.80 Å². The maximum atomic E-state index is 12.1. The van der Waals surface area contributed by atoms with Gasteiger partial charge in [-0.05, 0) is 26.2 Å². The van der Waals surface area contributed by atoms with E-state index in [1.54, 1.807) is 0 Å². The van der Waals surface area contributed by atoms with E-state index in [9.17, 15) is 4.79 Å². The molecular weight excluding hydrogens is 250 g/mol. The molecule has 1 amide bonds. The molecule has 2 atom stereocenters. The lowest BCUT2D eigenvalue weighted by atomic mass is 10.00. The van der Waals surface area contributed by atoms with E-state index >= 15 is 0 Å². The number of hydrogen-bond acceptors (Lipinski definition) is 2. The van der Waals surface area contributed by atoms with Crippen molar-refractivity contribution in [3.8, 4) is 0 Å². The highest BCUT2D eigenvalue weighted by molar-refractivity contribution is 5.76. The zero-order valence-electron chi connectivity index (χ0n) is 14.4. The molecule has 1 aliphatic heterocycles. The molecule has 2 unspecified atom stereocenters. The average molecular weight is 284 g/mol. The molecule has 0 aliphatic carbocycles. The largest absolute Gasteiger partial charge is 0.352 e. The first-order valence-electron chi connectivity index (χ1n) is 7.95. The van der Waals surface area contributed by atoms with E-state index in [0.717, 1.165) is 24.0 Å². The van der Waals surface area contributed by atoms with Crippen LogP contribution in [0.15, 0.2) is 0 Å². The first-order chi connectivity index (χ1) is 9.10. The minimum absolute atomic E-state index is 0.205. The molecule has 1 heterocycles. The quantitative estimate of drug-likeness (QED) is 0.753. The Morgan fingerprint density at radius 1 is 1.25 bits per heavy atom. The Morgan fingerprint density at radius 2 is 1.85 bits per heavy atom. The highest BCUT2D eigenvalue weighted by atomic mass is 16.1. The number of likely N-dealkylation sites (tertiary alicyclic amines) is 1. The van der Waals surface area contributed by atoms with Crippen LogP contribution in [0.3, 0.4) is 0 Å². The predicted octanol–water partition coefficient (Wildman–Crippen LogP) is 1.71. The molecule has 4 nitrogen and oxygen atoms in total. The molecule has 0 saturated carbocycles. The lowest BCUT2D eigenvalue weighted by Crippen LogP contribution is -2.42. The van der Waals surface area contributed by atoms with Gasteiger partial charge in [0.05, 0.1) is 34.1 Å². The van der Waals surface area contributed by atoms with Crippen LogP contribution < -0.4 is 5.32 Å². The maximum Gasteiger partial charge on any atom is 0.225 e. The molecule has 0 aromatic carbocycles. The molecule has 1 fully saturated rings. The number of nitrogens with one attached hydrogen (secondary N) is 1. The van der Waals surface area contributed by atoms with Crippen molar-refractivity contribution in [3.05, 3.63) is 0 Å². The van der Waals surface area contributed by atoms with E-state index in [1.165, 1.54) is 0 Å². The van der Waals surface area contributed by atoms with Crippen molar-refractivity contribution in [2.24, 2.45) is 5.92 Å². The van der Waals surface area contributed by atoms with E-state index in [2.05, 4.69) is 59.1 Å². The summed E-state index contributed by atoms with van der Waals surface area (Å²) < 4.78 is 0.838. The number of amides is 1. The van der Waals surface area contributed by atoms with Gasteiger partial charge in [0, 0.05) is 24.7 Å². The molecule has 20 heavy (non-hydrogen) atoms. The van der Waals surface area contributed by atoms with Crippen LogP contribution >= 0.6 is 0 Å². The Morgan fingerprint density at radius 3 is 2.25 bits per heavy atom. The van der Waals surface area contributed by atoms with Crippen LogP contribution in [0.2, 0.25) is 0 Å². The summed E-state index contributed by atoms with van der Waals surface area (Å²) in [5.41, 5.74) is 0. The Hall–Kier alpha value is -0.610. The van der Waals surface area contributed by atoms with Crippen LogP contribution in [-0.2, 0) is 4.79 Å². The fourth-order valence-electron chi connectivity index (χ4n) is 2.98. The van der Waals surface area contributed by atoms with Crippen LogP contribution in [0.5, 0.6) is 0 Å². The standard InChI is InChI=1S/C16H33N3O/c1-12(2)15-10-14(11-18(15)13(3)4)17-16(20)8-9-19(5,6)7/h12-15H,8-11H2,1-7H3/p+1. The van der Waals surface area contributed by atoms with Crippen LogP contribution in [0.25, 0.3) is 0 Å². The van der Waals surface area contributed by atoms with Gasteiger partial charge in [0.2, 0.25) is 5.91 Å². The maximum absolute atomic E-state index is 12.1. The molecule has 1 saturated heterocycles. The third-order valence-corrected chi connectivity index (χ3v) is 4.19. The second-order valence-corrected chi connectivity index (χ2v) is 7.87. The van der Waals surface area contributed by atoms with E-state index in [-0.39, 0.29) is 5.91 Å². The number of carbonyl (C=O) groups is 1. The lowest BCUT2D eigenvalue weighted by molar-refractivity contribution is -0.869. The SMILES string of the molecule is CC(C)C1CC(NC(=O)CC[N+](C)(C)C)CN1C(C)C. The molecule has 0 bridgehead atoms.